The van der Waals surface area contributed by atoms with Crippen LogP contribution in [0.2, 0.25) is 0 Å². The molecule has 21 heavy (non-hydrogen) atoms. The smallest absolute Gasteiger partial charge is 0.306 e. The minimum atomic E-state index is -0.307. The van der Waals surface area contributed by atoms with Crippen LogP contribution < -0.4 is 0 Å². The quantitative estimate of drug-likeness (QED) is 0.373. The van der Waals surface area contributed by atoms with Crippen LogP contribution in [-0.2, 0) is 19.1 Å². The van der Waals surface area contributed by atoms with E-state index in [4.69, 9.17) is 9.47 Å². The minimum absolute atomic E-state index is 0.0629. The van der Waals surface area contributed by atoms with Crippen LogP contribution in [0.1, 0.15) is 85.0 Å². The van der Waals surface area contributed by atoms with Gasteiger partial charge in [0.25, 0.3) is 0 Å². The van der Waals surface area contributed by atoms with E-state index in [1.54, 1.807) is 0 Å². The standard InChI is InChI=1S/C17H32O4/c1-4-6-8-9-10-14-20-16(18)12-13-17(19)21-15(3)11-7-5-2/h15H,4-14H2,1-3H3. The zero-order valence-electron chi connectivity index (χ0n) is 14.0. The van der Waals surface area contributed by atoms with Gasteiger partial charge in [-0.15, -0.1) is 0 Å². The molecule has 0 N–H and O–H groups in total. The summed E-state index contributed by atoms with van der Waals surface area (Å²) in [5.74, 6) is -0.609. The number of hydrogen-bond donors (Lipinski definition) is 0. The van der Waals surface area contributed by atoms with Crippen LogP contribution in [0.15, 0.2) is 0 Å². The lowest BCUT2D eigenvalue weighted by Crippen LogP contribution is -2.16. The van der Waals surface area contributed by atoms with Crippen LogP contribution in [-0.4, -0.2) is 24.6 Å². The molecule has 0 saturated carbocycles. The van der Waals surface area contributed by atoms with Crippen molar-refractivity contribution in [2.45, 2.75) is 91.1 Å². The fourth-order valence-corrected chi connectivity index (χ4v) is 2.00. The first-order valence-electron chi connectivity index (χ1n) is 8.45. The van der Waals surface area contributed by atoms with Crippen molar-refractivity contribution in [2.75, 3.05) is 6.61 Å². The molecule has 0 aliphatic carbocycles. The predicted octanol–water partition coefficient (Wildman–Crippen LogP) is 4.40. The molecule has 4 heteroatoms. The van der Waals surface area contributed by atoms with E-state index < -0.39 is 0 Å². The third-order valence-electron chi connectivity index (χ3n) is 3.34. The van der Waals surface area contributed by atoms with Gasteiger partial charge in [-0.05, 0) is 19.8 Å². The molecule has 0 saturated heterocycles. The predicted molar refractivity (Wildman–Crippen MR) is 84.0 cm³/mol. The highest BCUT2D eigenvalue weighted by atomic mass is 16.5. The highest BCUT2D eigenvalue weighted by molar-refractivity contribution is 5.77. The first-order chi connectivity index (χ1) is 10.1. The molecule has 124 valence electrons. The van der Waals surface area contributed by atoms with Crippen molar-refractivity contribution in [3.63, 3.8) is 0 Å². The summed E-state index contributed by atoms with van der Waals surface area (Å²) < 4.78 is 10.3. The van der Waals surface area contributed by atoms with Crippen molar-refractivity contribution in [3.8, 4) is 0 Å². The van der Waals surface area contributed by atoms with E-state index in [0.29, 0.717) is 6.61 Å². The highest BCUT2D eigenvalue weighted by Gasteiger charge is 2.12. The van der Waals surface area contributed by atoms with Gasteiger partial charge in [0, 0.05) is 0 Å². The van der Waals surface area contributed by atoms with Gasteiger partial charge in [-0.1, -0.05) is 52.4 Å². The number of carbonyl (C=O) groups is 2. The maximum Gasteiger partial charge on any atom is 0.306 e. The Morgan fingerprint density at radius 2 is 1.48 bits per heavy atom. The van der Waals surface area contributed by atoms with Crippen molar-refractivity contribution < 1.29 is 19.1 Å². The summed E-state index contributed by atoms with van der Waals surface area (Å²) in [7, 11) is 0. The monoisotopic (exact) mass is 300 g/mol. The number of carbonyl (C=O) groups excluding carboxylic acids is 2. The average molecular weight is 300 g/mol. The van der Waals surface area contributed by atoms with Gasteiger partial charge in [-0.3, -0.25) is 9.59 Å². The summed E-state index contributed by atoms with van der Waals surface area (Å²) in [5, 5.41) is 0. The molecular weight excluding hydrogens is 268 g/mol. The second-order valence-electron chi connectivity index (χ2n) is 5.58. The lowest BCUT2D eigenvalue weighted by atomic mass is 10.2. The Morgan fingerprint density at radius 1 is 0.857 bits per heavy atom. The number of ether oxygens (including phenoxy) is 2. The van der Waals surface area contributed by atoms with Crippen LogP contribution in [0.4, 0.5) is 0 Å². The minimum Gasteiger partial charge on any atom is -0.466 e. The molecule has 0 aliphatic rings. The molecule has 0 aromatic rings. The van der Waals surface area contributed by atoms with Crippen molar-refractivity contribution in [1.29, 1.82) is 0 Å². The molecule has 0 spiro atoms. The Hall–Kier alpha value is -1.06. The Labute approximate surface area is 129 Å². The molecule has 0 heterocycles. The molecule has 1 atom stereocenters. The average Bonchev–Trinajstić information content (AvgIpc) is 2.46. The zero-order chi connectivity index (χ0) is 15.9. The van der Waals surface area contributed by atoms with Crippen LogP contribution in [0, 0.1) is 0 Å². The van der Waals surface area contributed by atoms with Crippen LogP contribution in [0.3, 0.4) is 0 Å². The summed E-state index contributed by atoms with van der Waals surface area (Å²) in [6, 6.07) is 0. The van der Waals surface area contributed by atoms with Gasteiger partial charge < -0.3 is 9.47 Å². The van der Waals surface area contributed by atoms with Crippen molar-refractivity contribution in [2.24, 2.45) is 0 Å². The van der Waals surface area contributed by atoms with Crippen molar-refractivity contribution in [3.05, 3.63) is 0 Å². The third-order valence-corrected chi connectivity index (χ3v) is 3.34. The van der Waals surface area contributed by atoms with Crippen LogP contribution in [0.5, 0.6) is 0 Å². The largest absolute Gasteiger partial charge is 0.466 e. The number of esters is 2. The number of unbranched alkanes of at least 4 members (excludes halogenated alkanes) is 5. The van der Waals surface area contributed by atoms with E-state index in [9.17, 15) is 9.59 Å². The Morgan fingerprint density at radius 3 is 2.14 bits per heavy atom. The summed E-state index contributed by atoms with van der Waals surface area (Å²) >= 11 is 0. The number of rotatable bonds is 13. The molecule has 0 rings (SSSR count). The summed E-state index contributed by atoms with van der Waals surface area (Å²) in [4.78, 5) is 23.0. The summed E-state index contributed by atoms with van der Waals surface area (Å²) in [5.41, 5.74) is 0. The molecule has 0 fully saturated rings. The molecule has 4 nitrogen and oxygen atoms in total. The van der Waals surface area contributed by atoms with E-state index in [1.807, 2.05) is 6.92 Å². The topological polar surface area (TPSA) is 52.6 Å². The van der Waals surface area contributed by atoms with E-state index in [0.717, 1.165) is 32.1 Å². The summed E-state index contributed by atoms with van der Waals surface area (Å²) in [6.45, 7) is 6.63. The van der Waals surface area contributed by atoms with E-state index in [-0.39, 0.29) is 30.9 Å². The zero-order valence-corrected chi connectivity index (χ0v) is 14.0. The SMILES string of the molecule is CCCCCCCOC(=O)CCC(=O)OC(C)CCCC. The maximum atomic E-state index is 11.5. The van der Waals surface area contributed by atoms with Gasteiger partial charge in [0.05, 0.1) is 25.6 Å². The van der Waals surface area contributed by atoms with Gasteiger partial charge in [-0.25, -0.2) is 0 Å². The fraction of sp³-hybridized carbons (Fsp3) is 0.882. The Bertz CT molecular complexity index is 276. The van der Waals surface area contributed by atoms with Crippen LogP contribution in [0.25, 0.3) is 0 Å². The van der Waals surface area contributed by atoms with Crippen molar-refractivity contribution in [1.82, 2.24) is 0 Å². The Balaban J connectivity index is 3.52. The lowest BCUT2D eigenvalue weighted by molar-refractivity contribution is -0.153. The van der Waals surface area contributed by atoms with Gasteiger partial charge >= 0.3 is 11.9 Å². The molecule has 0 aromatic carbocycles. The summed E-state index contributed by atoms with van der Waals surface area (Å²) in [6.07, 6.45) is 8.82. The van der Waals surface area contributed by atoms with Gasteiger partial charge in [-0.2, -0.15) is 0 Å². The highest BCUT2D eigenvalue weighted by Crippen LogP contribution is 2.07. The van der Waals surface area contributed by atoms with E-state index >= 15 is 0 Å². The van der Waals surface area contributed by atoms with E-state index in [1.165, 1.54) is 19.3 Å². The molecule has 0 radical (unpaired) electrons. The normalized spacial score (nSPS) is 12.0. The lowest BCUT2D eigenvalue weighted by Gasteiger charge is -2.12. The fourth-order valence-electron chi connectivity index (χ4n) is 2.00. The first-order valence-corrected chi connectivity index (χ1v) is 8.45. The molecule has 1 unspecified atom stereocenters. The van der Waals surface area contributed by atoms with Gasteiger partial charge in [0.15, 0.2) is 0 Å². The molecule has 0 amide bonds. The second-order valence-corrected chi connectivity index (χ2v) is 5.58. The Kier molecular flexibility index (Phi) is 13.2. The maximum absolute atomic E-state index is 11.5. The third kappa shape index (κ3) is 13.7. The second kappa shape index (κ2) is 13.9. The molecule has 0 aliphatic heterocycles. The van der Waals surface area contributed by atoms with Crippen LogP contribution >= 0.6 is 0 Å². The van der Waals surface area contributed by atoms with Crippen molar-refractivity contribution >= 4 is 11.9 Å². The number of hydrogen-bond acceptors (Lipinski definition) is 4. The molecular formula is C17H32O4. The molecule has 0 bridgehead atoms. The molecule has 0 aromatic heterocycles. The van der Waals surface area contributed by atoms with Gasteiger partial charge in [0.1, 0.15) is 0 Å². The first kappa shape index (κ1) is 19.9. The van der Waals surface area contributed by atoms with Gasteiger partial charge in [0.2, 0.25) is 0 Å². The van der Waals surface area contributed by atoms with E-state index in [2.05, 4.69) is 13.8 Å².